The van der Waals surface area contributed by atoms with Gasteiger partial charge in [0.15, 0.2) is 0 Å². The second-order valence-corrected chi connectivity index (χ2v) is 5.52. The van der Waals surface area contributed by atoms with Gasteiger partial charge in [-0.25, -0.2) is 0 Å². The minimum atomic E-state index is 0.703. The highest BCUT2D eigenvalue weighted by Gasteiger charge is 2.21. The van der Waals surface area contributed by atoms with Crippen LogP contribution in [0.15, 0.2) is 0 Å². The maximum Gasteiger partial charge on any atom is 0.0863 e. The second kappa shape index (κ2) is 6.04. The van der Waals surface area contributed by atoms with Crippen LogP contribution in [0.4, 0.5) is 0 Å². The van der Waals surface area contributed by atoms with Gasteiger partial charge in [-0.1, -0.05) is 18.5 Å². The summed E-state index contributed by atoms with van der Waals surface area (Å²) in [4.78, 5) is 2.45. The van der Waals surface area contributed by atoms with Crippen LogP contribution in [0.25, 0.3) is 0 Å². The van der Waals surface area contributed by atoms with Gasteiger partial charge < -0.3 is 5.73 Å². The molecule has 0 spiro atoms. The Morgan fingerprint density at radius 3 is 2.56 bits per heavy atom. The average molecular weight is 271 g/mol. The van der Waals surface area contributed by atoms with E-state index < -0.39 is 0 Å². The van der Waals surface area contributed by atoms with E-state index in [0.717, 1.165) is 49.0 Å². The summed E-state index contributed by atoms with van der Waals surface area (Å²) in [5, 5.41) is 5.31. The molecule has 102 valence electrons. The zero-order valence-electron chi connectivity index (χ0n) is 11.3. The highest BCUT2D eigenvalue weighted by atomic mass is 35.5. The molecule has 5 heteroatoms. The largest absolute Gasteiger partial charge is 0.330 e. The number of halogens is 1. The molecule has 18 heavy (non-hydrogen) atoms. The van der Waals surface area contributed by atoms with Crippen molar-refractivity contribution in [2.45, 2.75) is 32.7 Å². The molecule has 4 nitrogen and oxygen atoms in total. The number of likely N-dealkylation sites (tertiary alicyclic amines) is 1. The molecule has 1 aliphatic rings. The predicted molar refractivity (Wildman–Crippen MR) is 74.7 cm³/mol. The first-order chi connectivity index (χ1) is 8.65. The highest BCUT2D eigenvalue weighted by molar-refractivity contribution is 6.31. The SMILES string of the molecule is CCc1nn(C)c(CN2CCC(CN)CC2)c1Cl. The van der Waals surface area contributed by atoms with Crippen molar-refractivity contribution in [1.29, 1.82) is 0 Å². The molecule has 0 unspecified atom stereocenters. The van der Waals surface area contributed by atoms with Gasteiger partial charge in [-0.3, -0.25) is 9.58 Å². The molecule has 1 aromatic rings. The number of aryl methyl sites for hydroxylation is 2. The Kier molecular flexibility index (Phi) is 4.65. The lowest BCUT2D eigenvalue weighted by molar-refractivity contribution is 0.177. The molecule has 1 saturated heterocycles. The monoisotopic (exact) mass is 270 g/mol. The summed E-state index contributed by atoms with van der Waals surface area (Å²) in [6, 6.07) is 0. The Morgan fingerprint density at radius 1 is 1.39 bits per heavy atom. The van der Waals surface area contributed by atoms with Gasteiger partial charge in [0.25, 0.3) is 0 Å². The number of aromatic nitrogens is 2. The van der Waals surface area contributed by atoms with Crippen LogP contribution in [0.1, 0.15) is 31.2 Å². The lowest BCUT2D eigenvalue weighted by Gasteiger charge is -2.31. The van der Waals surface area contributed by atoms with Gasteiger partial charge in [0.2, 0.25) is 0 Å². The number of rotatable bonds is 4. The van der Waals surface area contributed by atoms with Gasteiger partial charge in [0.1, 0.15) is 0 Å². The summed E-state index contributed by atoms with van der Waals surface area (Å²) >= 11 is 6.37. The molecule has 0 bridgehead atoms. The molecule has 1 aliphatic heterocycles. The standard InChI is InChI=1S/C13H23ClN4/c1-3-11-13(14)12(17(2)16-11)9-18-6-4-10(8-15)5-7-18/h10H,3-9,15H2,1-2H3. The number of nitrogens with two attached hydrogens (primary N) is 1. The third kappa shape index (κ3) is 2.87. The zero-order valence-corrected chi connectivity index (χ0v) is 12.1. The topological polar surface area (TPSA) is 47.1 Å². The fourth-order valence-corrected chi connectivity index (χ4v) is 2.94. The minimum Gasteiger partial charge on any atom is -0.330 e. The molecule has 1 fully saturated rings. The van der Waals surface area contributed by atoms with Gasteiger partial charge in [0.05, 0.1) is 16.4 Å². The molecule has 0 saturated carbocycles. The fraction of sp³-hybridized carbons (Fsp3) is 0.769. The van der Waals surface area contributed by atoms with Crippen LogP contribution in [-0.4, -0.2) is 34.3 Å². The van der Waals surface area contributed by atoms with Gasteiger partial charge in [-0.2, -0.15) is 5.10 Å². The molecule has 0 radical (unpaired) electrons. The minimum absolute atomic E-state index is 0.703. The van der Waals surface area contributed by atoms with Crippen LogP contribution < -0.4 is 5.73 Å². The fourth-order valence-electron chi connectivity index (χ4n) is 2.58. The summed E-state index contributed by atoms with van der Waals surface area (Å²) in [5.74, 6) is 0.703. The lowest BCUT2D eigenvalue weighted by atomic mass is 9.97. The summed E-state index contributed by atoms with van der Waals surface area (Å²) in [6.07, 6.45) is 3.29. The van der Waals surface area contributed by atoms with Crippen LogP contribution in [0.5, 0.6) is 0 Å². The van der Waals surface area contributed by atoms with E-state index in [2.05, 4.69) is 16.9 Å². The Hall–Kier alpha value is -0.580. The van der Waals surface area contributed by atoms with E-state index in [4.69, 9.17) is 17.3 Å². The third-order valence-electron chi connectivity index (χ3n) is 3.92. The van der Waals surface area contributed by atoms with Crippen molar-refractivity contribution in [3.63, 3.8) is 0 Å². The smallest absolute Gasteiger partial charge is 0.0863 e. The Morgan fingerprint density at radius 2 is 2.06 bits per heavy atom. The average Bonchev–Trinajstić information content (AvgIpc) is 2.67. The van der Waals surface area contributed by atoms with Gasteiger partial charge in [0, 0.05) is 13.6 Å². The van der Waals surface area contributed by atoms with Crippen molar-refractivity contribution in [2.75, 3.05) is 19.6 Å². The molecule has 1 aromatic heterocycles. The summed E-state index contributed by atoms with van der Waals surface area (Å²) < 4.78 is 1.93. The molecular formula is C13H23ClN4. The number of piperidine rings is 1. The molecule has 0 atom stereocenters. The van der Waals surface area contributed by atoms with Crippen LogP contribution in [0, 0.1) is 5.92 Å². The van der Waals surface area contributed by atoms with Crippen molar-refractivity contribution in [3.8, 4) is 0 Å². The van der Waals surface area contributed by atoms with Crippen molar-refractivity contribution in [1.82, 2.24) is 14.7 Å². The van der Waals surface area contributed by atoms with Crippen LogP contribution in [-0.2, 0) is 20.0 Å². The molecule has 0 aliphatic carbocycles. The first-order valence-electron chi connectivity index (χ1n) is 6.78. The Balaban J connectivity index is 2.00. The molecule has 2 N–H and O–H groups in total. The number of nitrogens with zero attached hydrogens (tertiary/aromatic N) is 3. The zero-order chi connectivity index (χ0) is 13.1. The molecule has 0 amide bonds. The third-order valence-corrected chi connectivity index (χ3v) is 4.35. The van der Waals surface area contributed by atoms with Crippen LogP contribution in [0.3, 0.4) is 0 Å². The van der Waals surface area contributed by atoms with E-state index in [1.54, 1.807) is 0 Å². The summed E-state index contributed by atoms with van der Waals surface area (Å²) in [5.41, 5.74) is 7.86. The van der Waals surface area contributed by atoms with E-state index in [1.165, 1.54) is 12.8 Å². The lowest BCUT2D eigenvalue weighted by Crippen LogP contribution is -2.36. The quantitative estimate of drug-likeness (QED) is 0.908. The predicted octanol–water partition coefficient (Wildman–Crippen LogP) is 1.81. The van der Waals surface area contributed by atoms with Gasteiger partial charge in [-0.15, -0.1) is 0 Å². The molecule has 0 aromatic carbocycles. The van der Waals surface area contributed by atoms with E-state index in [0.29, 0.717) is 5.92 Å². The van der Waals surface area contributed by atoms with Crippen molar-refractivity contribution in [3.05, 3.63) is 16.4 Å². The van der Waals surface area contributed by atoms with E-state index >= 15 is 0 Å². The van der Waals surface area contributed by atoms with Crippen molar-refractivity contribution < 1.29 is 0 Å². The van der Waals surface area contributed by atoms with E-state index in [9.17, 15) is 0 Å². The second-order valence-electron chi connectivity index (χ2n) is 5.14. The number of hydrogen-bond donors (Lipinski definition) is 1. The summed E-state index contributed by atoms with van der Waals surface area (Å²) in [7, 11) is 1.98. The van der Waals surface area contributed by atoms with Crippen molar-refractivity contribution >= 4 is 11.6 Å². The number of hydrogen-bond acceptors (Lipinski definition) is 3. The first kappa shape index (κ1) is 13.8. The first-order valence-corrected chi connectivity index (χ1v) is 7.16. The summed E-state index contributed by atoms with van der Waals surface area (Å²) in [6.45, 7) is 6.04. The van der Waals surface area contributed by atoms with Gasteiger partial charge >= 0.3 is 0 Å². The highest BCUT2D eigenvalue weighted by Crippen LogP contribution is 2.24. The normalized spacial score (nSPS) is 18.4. The van der Waals surface area contributed by atoms with Crippen LogP contribution in [0.2, 0.25) is 5.02 Å². The molecule has 2 rings (SSSR count). The maximum atomic E-state index is 6.37. The van der Waals surface area contributed by atoms with E-state index in [-0.39, 0.29) is 0 Å². The van der Waals surface area contributed by atoms with E-state index in [1.807, 2.05) is 11.7 Å². The Labute approximate surface area is 114 Å². The van der Waals surface area contributed by atoms with Crippen LogP contribution >= 0.6 is 11.6 Å². The van der Waals surface area contributed by atoms with Gasteiger partial charge in [-0.05, 0) is 44.8 Å². The van der Waals surface area contributed by atoms with Crippen molar-refractivity contribution in [2.24, 2.45) is 18.7 Å². The molecule has 2 heterocycles. The molecular weight excluding hydrogens is 248 g/mol. The Bertz CT molecular complexity index is 394. The maximum absolute atomic E-state index is 6.37.